The van der Waals surface area contributed by atoms with E-state index < -0.39 is 0 Å². The van der Waals surface area contributed by atoms with Crippen LogP contribution >= 0.6 is 0 Å². The summed E-state index contributed by atoms with van der Waals surface area (Å²) in [6, 6.07) is 13.9. The molecule has 2 aromatic heterocycles. The number of anilines is 2. The first-order valence-electron chi connectivity index (χ1n) is 10.5. The van der Waals surface area contributed by atoms with Crippen molar-refractivity contribution in [2.45, 2.75) is 32.7 Å². The van der Waals surface area contributed by atoms with E-state index in [9.17, 15) is 0 Å². The van der Waals surface area contributed by atoms with Crippen LogP contribution in [-0.2, 0) is 0 Å². The van der Waals surface area contributed by atoms with Crippen LogP contribution < -0.4 is 15.4 Å². The van der Waals surface area contributed by atoms with E-state index in [0.29, 0.717) is 11.8 Å². The van der Waals surface area contributed by atoms with Gasteiger partial charge in [-0.3, -0.25) is 0 Å². The first-order chi connectivity index (χ1) is 15.0. The largest absolute Gasteiger partial charge is 0.496 e. The average Bonchev–Trinajstić information content (AvgIpc) is 2.82. The highest BCUT2D eigenvalue weighted by Crippen LogP contribution is 2.31. The number of benzene rings is 1. The molecular weight excluding hydrogens is 390 g/mol. The third-order valence-corrected chi connectivity index (χ3v) is 5.48. The van der Waals surface area contributed by atoms with Crippen LogP contribution in [0, 0.1) is 5.92 Å². The lowest BCUT2D eigenvalue weighted by molar-refractivity contribution is 0.281. The van der Waals surface area contributed by atoms with Crippen LogP contribution in [0.3, 0.4) is 0 Å². The minimum Gasteiger partial charge on any atom is -0.496 e. The quantitative estimate of drug-likeness (QED) is 0.452. The minimum absolute atomic E-state index is 0.0477. The van der Waals surface area contributed by atoms with Gasteiger partial charge >= 0.3 is 0 Å². The van der Waals surface area contributed by atoms with Crippen molar-refractivity contribution in [1.82, 2.24) is 15.0 Å². The van der Waals surface area contributed by atoms with Crippen LogP contribution in [0.5, 0.6) is 5.75 Å². The Morgan fingerprint density at radius 1 is 1.00 bits per heavy atom. The van der Waals surface area contributed by atoms with Gasteiger partial charge < -0.3 is 20.5 Å². The molecule has 0 spiro atoms. The lowest BCUT2D eigenvalue weighted by atomic mass is 9.88. The van der Waals surface area contributed by atoms with Crippen molar-refractivity contribution in [3.8, 4) is 17.0 Å². The third kappa shape index (κ3) is 5.92. The molecule has 7 nitrogen and oxygen atoms in total. The summed E-state index contributed by atoms with van der Waals surface area (Å²) < 4.78 is 5.52. The summed E-state index contributed by atoms with van der Waals surface area (Å²) in [6.45, 7) is 7.16. The summed E-state index contributed by atoms with van der Waals surface area (Å²) in [5.41, 5.74) is 2.92. The lowest BCUT2D eigenvalue weighted by Gasteiger charge is -2.23. The van der Waals surface area contributed by atoms with Gasteiger partial charge in [-0.25, -0.2) is 15.0 Å². The van der Waals surface area contributed by atoms with Crippen molar-refractivity contribution in [3.63, 3.8) is 0 Å². The number of methoxy groups -OCH3 is 1. The molecule has 0 aliphatic heterocycles. The molecule has 7 heteroatoms. The second-order valence-corrected chi connectivity index (χ2v) is 7.84. The molecule has 3 rings (SSSR count). The molecule has 0 aliphatic rings. The fourth-order valence-electron chi connectivity index (χ4n) is 3.33. The number of hydrogen-bond acceptors (Lipinski definition) is 7. The van der Waals surface area contributed by atoms with Crippen LogP contribution in [0.25, 0.3) is 11.3 Å². The number of ether oxygens (including phenoxy) is 1. The van der Waals surface area contributed by atoms with Gasteiger partial charge in [0.2, 0.25) is 0 Å². The van der Waals surface area contributed by atoms with Gasteiger partial charge in [-0.1, -0.05) is 32.0 Å². The molecule has 3 unspecified atom stereocenters. The Bertz CT molecular complexity index is 964. The van der Waals surface area contributed by atoms with Crippen molar-refractivity contribution in [1.29, 1.82) is 0 Å². The number of aliphatic hydroxyl groups excluding tert-OH is 1. The average molecular weight is 422 g/mol. The van der Waals surface area contributed by atoms with E-state index in [1.165, 1.54) is 5.56 Å². The molecule has 2 heterocycles. The molecule has 0 amide bonds. The molecule has 3 atom stereocenters. The Labute approximate surface area is 183 Å². The number of hydrogen-bond donors (Lipinski definition) is 3. The van der Waals surface area contributed by atoms with Crippen molar-refractivity contribution < 1.29 is 9.84 Å². The summed E-state index contributed by atoms with van der Waals surface area (Å²) in [5, 5.41) is 15.7. The molecule has 164 valence electrons. The lowest BCUT2D eigenvalue weighted by Crippen LogP contribution is -2.19. The Balaban J connectivity index is 1.64. The molecule has 3 N–H and O–H groups in total. The second kappa shape index (κ2) is 10.7. The molecular formula is C24H31N5O2. The number of para-hydroxylation sites is 1. The van der Waals surface area contributed by atoms with Gasteiger partial charge in [-0.15, -0.1) is 0 Å². The van der Waals surface area contributed by atoms with E-state index in [4.69, 9.17) is 9.84 Å². The molecule has 3 aromatic rings. The van der Waals surface area contributed by atoms with Crippen molar-refractivity contribution >= 4 is 11.6 Å². The molecule has 0 radical (unpaired) electrons. The second-order valence-electron chi connectivity index (χ2n) is 7.84. The van der Waals surface area contributed by atoms with Gasteiger partial charge in [0.1, 0.15) is 23.7 Å². The predicted octanol–water partition coefficient (Wildman–Crippen LogP) is 4.19. The number of nitrogens with zero attached hydrogens (tertiary/aromatic N) is 3. The molecule has 1 aromatic carbocycles. The number of aliphatic hydroxyl groups is 1. The Morgan fingerprint density at radius 2 is 1.81 bits per heavy atom. The van der Waals surface area contributed by atoms with Crippen LogP contribution in [-0.4, -0.2) is 46.4 Å². The summed E-state index contributed by atoms with van der Waals surface area (Å²) in [5.74, 6) is 3.12. The Hall–Kier alpha value is -3.19. The first-order valence-corrected chi connectivity index (χ1v) is 10.5. The minimum atomic E-state index is -0.0477. The van der Waals surface area contributed by atoms with E-state index in [0.717, 1.165) is 35.2 Å². The maximum Gasteiger partial charge on any atom is 0.129 e. The monoisotopic (exact) mass is 421 g/mol. The van der Waals surface area contributed by atoms with Gasteiger partial charge in [-0.05, 0) is 42.5 Å². The van der Waals surface area contributed by atoms with Gasteiger partial charge in [0.05, 0.1) is 19.4 Å². The third-order valence-electron chi connectivity index (χ3n) is 5.48. The van der Waals surface area contributed by atoms with Crippen molar-refractivity contribution in [3.05, 3.63) is 60.6 Å². The van der Waals surface area contributed by atoms with E-state index >= 15 is 0 Å². The first kappa shape index (κ1) is 22.5. The zero-order chi connectivity index (χ0) is 22.2. The van der Waals surface area contributed by atoms with Gasteiger partial charge in [0.25, 0.3) is 0 Å². The van der Waals surface area contributed by atoms with E-state index in [-0.39, 0.29) is 12.6 Å². The van der Waals surface area contributed by atoms with Crippen LogP contribution in [0.15, 0.2) is 55.0 Å². The highest BCUT2D eigenvalue weighted by Gasteiger charge is 2.18. The number of pyridine rings is 1. The summed E-state index contributed by atoms with van der Waals surface area (Å²) >= 11 is 0. The number of nitrogens with one attached hydrogen (secondary N) is 2. The Morgan fingerprint density at radius 3 is 2.52 bits per heavy atom. The number of aromatic nitrogens is 3. The molecule has 0 fully saturated rings. The standard InChI is InChI=1S/C24H31N5O2/c1-16(18(3)20-7-5-6-8-22(20)31-4)12-25-24-11-21(27-15-28-24)19-9-10-23(26-13-19)29-17(2)14-30/h5-11,13,15-18,30H,12,14H2,1-4H3,(H,26,29)(H,25,27,28). The highest BCUT2D eigenvalue weighted by atomic mass is 16.5. The summed E-state index contributed by atoms with van der Waals surface area (Å²) in [4.78, 5) is 13.1. The van der Waals surface area contributed by atoms with Gasteiger partial charge in [0, 0.05) is 30.4 Å². The molecule has 0 bridgehead atoms. The zero-order valence-corrected chi connectivity index (χ0v) is 18.5. The van der Waals surface area contributed by atoms with E-state index in [1.807, 2.05) is 43.3 Å². The topological polar surface area (TPSA) is 92.2 Å². The zero-order valence-electron chi connectivity index (χ0n) is 18.5. The Kier molecular flexibility index (Phi) is 7.78. The van der Waals surface area contributed by atoms with Crippen LogP contribution in [0.2, 0.25) is 0 Å². The highest BCUT2D eigenvalue weighted by molar-refractivity contribution is 5.62. The van der Waals surface area contributed by atoms with Crippen molar-refractivity contribution in [2.75, 3.05) is 30.9 Å². The molecule has 31 heavy (non-hydrogen) atoms. The SMILES string of the molecule is COc1ccccc1C(C)C(C)CNc1cc(-c2ccc(NC(C)CO)nc2)ncn1. The fourth-order valence-corrected chi connectivity index (χ4v) is 3.33. The molecule has 0 saturated heterocycles. The van der Waals surface area contributed by atoms with Gasteiger partial charge in [0.15, 0.2) is 0 Å². The fraction of sp³-hybridized carbons (Fsp3) is 0.375. The molecule has 0 saturated carbocycles. The van der Waals surface area contributed by atoms with E-state index in [2.05, 4.69) is 45.5 Å². The van der Waals surface area contributed by atoms with Crippen molar-refractivity contribution in [2.24, 2.45) is 5.92 Å². The smallest absolute Gasteiger partial charge is 0.129 e. The van der Waals surface area contributed by atoms with Crippen LogP contribution in [0.4, 0.5) is 11.6 Å². The maximum atomic E-state index is 9.15. The van der Waals surface area contributed by atoms with Crippen LogP contribution in [0.1, 0.15) is 32.3 Å². The molecule has 0 aliphatic carbocycles. The normalized spacial score (nSPS) is 13.8. The predicted molar refractivity (Wildman–Crippen MR) is 124 cm³/mol. The van der Waals surface area contributed by atoms with Gasteiger partial charge in [-0.2, -0.15) is 0 Å². The van der Waals surface area contributed by atoms with E-state index in [1.54, 1.807) is 19.6 Å². The maximum absolute atomic E-state index is 9.15. The summed E-state index contributed by atoms with van der Waals surface area (Å²) in [7, 11) is 1.71. The summed E-state index contributed by atoms with van der Waals surface area (Å²) in [6.07, 6.45) is 3.33. The number of rotatable bonds is 10.